The Morgan fingerprint density at radius 2 is 1.97 bits per heavy atom. The highest BCUT2D eigenvalue weighted by atomic mass is 16.5. The molecule has 1 spiro atoms. The molecule has 3 nitrogen and oxygen atoms in total. The van der Waals surface area contributed by atoms with Gasteiger partial charge in [-0.2, -0.15) is 0 Å². The van der Waals surface area contributed by atoms with Gasteiger partial charge in [-0.15, -0.1) is 0 Å². The number of ether oxygens (including phenoxy) is 2. The maximum atomic E-state index is 6.32. The van der Waals surface area contributed by atoms with Crippen molar-refractivity contribution in [2.24, 2.45) is 51.8 Å². The Labute approximate surface area is 207 Å². The predicted molar refractivity (Wildman–Crippen MR) is 137 cm³/mol. The molecule has 0 aromatic carbocycles. The van der Waals surface area contributed by atoms with E-state index in [2.05, 4.69) is 38.7 Å². The van der Waals surface area contributed by atoms with Gasteiger partial charge in [0.1, 0.15) is 5.75 Å². The van der Waals surface area contributed by atoms with Crippen molar-refractivity contribution in [1.29, 1.82) is 0 Å². The molecular weight excluding hydrogens is 418 g/mol. The van der Waals surface area contributed by atoms with Crippen molar-refractivity contribution >= 4 is 0 Å². The van der Waals surface area contributed by atoms with E-state index in [4.69, 9.17) is 9.47 Å². The maximum Gasteiger partial charge on any atom is 0.140 e. The molecule has 5 aliphatic carbocycles. The highest BCUT2D eigenvalue weighted by molar-refractivity contribution is 5.27. The molecule has 5 aliphatic rings. The first-order chi connectivity index (χ1) is 16.4. The van der Waals surface area contributed by atoms with Gasteiger partial charge in [0.05, 0.1) is 18.4 Å². The highest BCUT2D eigenvalue weighted by Crippen LogP contribution is 2.82. The largest absolute Gasteiger partial charge is 0.492 e. The third kappa shape index (κ3) is 3.07. The first-order valence-corrected chi connectivity index (χ1v) is 14.5. The van der Waals surface area contributed by atoms with E-state index in [0.717, 1.165) is 53.4 Å². The second-order valence-electron chi connectivity index (χ2n) is 13.4. The van der Waals surface area contributed by atoms with Gasteiger partial charge in [0.2, 0.25) is 0 Å². The summed E-state index contributed by atoms with van der Waals surface area (Å²) >= 11 is 0. The lowest BCUT2D eigenvalue weighted by Gasteiger charge is -2.61. The Hall–Kier alpha value is -1.09. The summed E-state index contributed by atoms with van der Waals surface area (Å²) in [7, 11) is 2.02. The fourth-order valence-electron chi connectivity index (χ4n) is 11.0. The Morgan fingerprint density at radius 3 is 2.74 bits per heavy atom. The Bertz CT molecular complexity index is 916. The van der Waals surface area contributed by atoms with E-state index in [0.29, 0.717) is 29.0 Å². The van der Waals surface area contributed by atoms with Crippen LogP contribution in [0.15, 0.2) is 18.3 Å². The zero-order valence-corrected chi connectivity index (χ0v) is 22.3. The van der Waals surface area contributed by atoms with Gasteiger partial charge in [0.25, 0.3) is 0 Å². The molecule has 0 aliphatic heterocycles. The van der Waals surface area contributed by atoms with Crippen molar-refractivity contribution < 1.29 is 9.47 Å². The molecule has 6 rings (SSSR count). The highest BCUT2D eigenvalue weighted by Gasteiger charge is 2.77. The van der Waals surface area contributed by atoms with Gasteiger partial charge in [-0.05, 0) is 130 Å². The normalized spacial score (nSPS) is 47.3. The van der Waals surface area contributed by atoms with E-state index < -0.39 is 0 Å². The molecule has 0 bridgehead atoms. The summed E-state index contributed by atoms with van der Waals surface area (Å²) in [6.07, 6.45) is 16.2. The molecule has 10 atom stereocenters. The molecular formula is C31H47NO2. The first kappa shape index (κ1) is 23.3. The Morgan fingerprint density at radius 1 is 1.12 bits per heavy atom. The SMILES string of the molecule is CCOc1cccnc1CC[C@@H](C)[C@H]1CC[C@H]2[C@@H]3CC(OC)C45C[C@H]4CC[C@]5(C)[C@H]3CC[C@]12C. The molecule has 34 heavy (non-hydrogen) atoms. The van der Waals surface area contributed by atoms with Gasteiger partial charge in [-0.1, -0.05) is 20.8 Å². The molecule has 188 valence electrons. The fraction of sp³-hybridized carbons (Fsp3) is 0.839. The van der Waals surface area contributed by atoms with Gasteiger partial charge in [-0.25, -0.2) is 0 Å². The minimum absolute atomic E-state index is 0.508. The lowest BCUT2D eigenvalue weighted by Crippen LogP contribution is -2.57. The molecule has 1 heterocycles. The van der Waals surface area contributed by atoms with Gasteiger partial charge in [0, 0.05) is 18.7 Å². The number of aryl methyl sites for hydroxylation is 1. The fourth-order valence-corrected chi connectivity index (χ4v) is 11.0. The van der Waals surface area contributed by atoms with Gasteiger partial charge < -0.3 is 9.47 Å². The molecule has 0 saturated heterocycles. The summed E-state index contributed by atoms with van der Waals surface area (Å²) in [4.78, 5) is 4.68. The van der Waals surface area contributed by atoms with Crippen molar-refractivity contribution in [2.75, 3.05) is 13.7 Å². The Balaban J connectivity index is 1.19. The quantitative estimate of drug-likeness (QED) is 0.422. The van der Waals surface area contributed by atoms with Gasteiger partial charge >= 0.3 is 0 Å². The first-order valence-electron chi connectivity index (χ1n) is 14.5. The van der Waals surface area contributed by atoms with Gasteiger partial charge in [0.15, 0.2) is 0 Å². The van der Waals surface area contributed by atoms with E-state index in [-0.39, 0.29) is 0 Å². The molecule has 2 unspecified atom stereocenters. The van der Waals surface area contributed by atoms with E-state index in [1.54, 1.807) is 0 Å². The number of fused-ring (bicyclic) bond motifs is 4. The third-order valence-electron chi connectivity index (χ3n) is 12.6. The second kappa shape index (κ2) is 8.22. The third-order valence-corrected chi connectivity index (χ3v) is 12.6. The summed E-state index contributed by atoms with van der Waals surface area (Å²) in [5, 5.41) is 0. The van der Waals surface area contributed by atoms with Crippen LogP contribution in [0.2, 0.25) is 0 Å². The van der Waals surface area contributed by atoms with Crippen LogP contribution in [0.5, 0.6) is 5.75 Å². The van der Waals surface area contributed by atoms with E-state index in [9.17, 15) is 0 Å². The summed E-state index contributed by atoms with van der Waals surface area (Å²) in [6, 6.07) is 4.08. The van der Waals surface area contributed by atoms with Crippen LogP contribution < -0.4 is 4.74 Å². The number of pyridine rings is 1. The Kier molecular flexibility index (Phi) is 5.64. The molecule has 3 heteroatoms. The van der Waals surface area contributed by atoms with Crippen LogP contribution >= 0.6 is 0 Å². The van der Waals surface area contributed by atoms with Crippen LogP contribution in [0.1, 0.15) is 91.2 Å². The van der Waals surface area contributed by atoms with Crippen molar-refractivity contribution in [2.45, 2.75) is 98.0 Å². The number of aromatic nitrogens is 1. The van der Waals surface area contributed by atoms with Gasteiger partial charge in [-0.3, -0.25) is 4.98 Å². The molecule has 5 fully saturated rings. The molecule has 1 aromatic rings. The van der Waals surface area contributed by atoms with Crippen molar-refractivity contribution in [3.05, 3.63) is 24.0 Å². The number of rotatable bonds is 7. The monoisotopic (exact) mass is 465 g/mol. The summed E-state index contributed by atoms with van der Waals surface area (Å²) in [5.74, 6) is 6.28. The topological polar surface area (TPSA) is 31.4 Å². The smallest absolute Gasteiger partial charge is 0.140 e. The van der Waals surface area contributed by atoms with E-state index in [1.807, 2.05) is 19.4 Å². The minimum Gasteiger partial charge on any atom is -0.492 e. The molecule has 1 aromatic heterocycles. The average molecular weight is 466 g/mol. The van der Waals surface area contributed by atoms with Crippen molar-refractivity contribution in [1.82, 2.24) is 4.98 Å². The molecule has 0 amide bonds. The number of nitrogens with zero attached hydrogens (tertiary/aromatic N) is 1. The molecule has 0 radical (unpaired) electrons. The summed E-state index contributed by atoms with van der Waals surface area (Å²) < 4.78 is 12.2. The van der Waals surface area contributed by atoms with E-state index in [1.165, 1.54) is 57.8 Å². The standard InChI is InChI=1S/C31H47NO2/c1-6-34-27-8-7-17-32-26(27)12-9-20(2)23-10-11-24-22-18-28(33-5)31-19-21(31)13-16-30(31,4)25(22)14-15-29(23,24)3/h7-8,17,20-25,28H,6,9-16,18-19H2,1-5H3/t20-,21-,22+,23-,24+,25+,28?,29-,30-,31?/m1/s1. The van der Waals surface area contributed by atoms with Crippen LogP contribution in [0.25, 0.3) is 0 Å². The van der Waals surface area contributed by atoms with Crippen LogP contribution in [0.3, 0.4) is 0 Å². The zero-order valence-electron chi connectivity index (χ0n) is 22.3. The van der Waals surface area contributed by atoms with Crippen molar-refractivity contribution in [3.63, 3.8) is 0 Å². The minimum atomic E-state index is 0.508. The number of hydrogen-bond acceptors (Lipinski definition) is 3. The summed E-state index contributed by atoms with van der Waals surface area (Å²) in [5.41, 5.74) is 2.74. The number of methoxy groups -OCH3 is 1. The second-order valence-corrected chi connectivity index (χ2v) is 13.4. The van der Waals surface area contributed by atoms with E-state index >= 15 is 0 Å². The van der Waals surface area contributed by atoms with Crippen LogP contribution in [0.4, 0.5) is 0 Å². The molecule has 5 saturated carbocycles. The molecule has 0 N–H and O–H groups in total. The van der Waals surface area contributed by atoms with Crippen molar-refractivity contribution in [3.8, 4) is 5.75 Å². The lowest BCUT2D eigenvalue weighted by molar-refractivity contribution is -0.161. The average Bonchev–Trinajstić information content (AvgIpc) is 3.34. The predicted octanol–water partition coefficient (Wildman–Crippen LogP) is 7.33. The van der Waals surface area contributed by atoms with Crippen LogP contribution in [0, 0.1) is 51.8 Å². The number of hydrogen-bond donors (Lipinski definition) is 0. The van der Waals surface area contributed by atoms with Crippen LogP contribution in [-0.2, 0) is 11.2 Å². The summed E-state index contributed by atoms with van der Waals surface area (Å²) in [6.45, 7) is 10.7. The zero-order chi connectivity index (χ0) is 23.7. The van der Waals surface area contributed by atoms with Crippen LogP contribution in [-0.4, -0.2) is 24.8 Å². The lowest BCUT2D eigenvalue weighted by atomic mass is 9.45. The maximum absolute atomic E-state index is 6.32.